The molecule has 3 rings (SSSR count). The average Bonchev–Trinajstić information content (AvgIpc) is 2.56. The van der Waals surface area contributed by atoms with E-state index in [1.165, 1.54) is 4.31 Å². The number of halogens is 1. The van der Waals surface area contributed by atoms with E-state index in [0.717, 1.165) is 0 Å². The number of hydrogen-bond acceptors (Lipinski definition) is 3. The number of rotatable bonds is 3. The van der Waals surface area contributed by atoms with E-state index in [0.29, 0.717) is 16.1 Å². The van der Waals surface area contributed by atoms with Gasteiger partial charge in [0.1, 0.15) is 6.04 Å². The highest BCUT2D eigenvalue weighted by Gasteiger charge is 2.39. The van der Waals surface area contributed by atoms with E-state index >= 15 is 0 Å². The van der Waals surface area contributed by atoms with Crippen LogP contribution in [-0.4, -0.2) is 31.7 Å². The number of nitrogens with zero attached hydrogens (tertiary/aromatic N) is 1. The molecule has 0 radical (unpaired) electrons. The van der Waals surface area contributed by atoms with Gasteiger partial charge in [0, 0.05) is 18.1 Å². The molecule has 2 aromatic carbocycles. The Morgan fingerprint density at radius 1 is 1.12 bits per heavy atom. The van der Waals surface area contributed by atoms with Gasteiger partial charge in [0.15, 0.2) is 0 Å². The second-order valence-electron chi connectivity index (χ2n) is 5.63. The maximum atomic E-state index is 13.1. The number of aryl methyl sites for hydroxylation is 1. The summed E-state index contributed by atoms with van der Waals surface area (Å²) in [6.45, 7) is 2.25. The van der Waals surface area contributed by atoms with Crippen molar-refractivity contribution in [3.63, 3.8) is 0 Å². The summed E-state index contributed by atoms with van der Waals surface area (Å²) in [5, 5.41) is 3.27. The summed E-state index contributed by atoms with van der Waals surface area (Å²) >= 11 is 5.90. The van der Waals surface area contributed by atoms with Gasteiger partial charge in [-0.1, -0.05) is 41.9 Å². The molecule has 0 aromatic heterocycles. The molecule has 24 heavy (non-hydrogen) atoms. The molecule has 1 unspecified atom stereocenters. The molecule has 1 amide bonds. The highest BCUT2D eigenvalue weighted by Crippen LogP contribution is 2.31. The van der Waals surface area contributed by atoms with E-state index in [1.54, 1.807) is 55.5 Å². The van der Waals surface area contributed by atoms with Gasteiger partial charge in [-0.25, -0.2) is 8.42 Å². The highest BCUT2D eigenvalue weighted by molar-refractivity contribution is 7.89. The van der Waals surface area contributed by atoms with Crippen molar-refractivity contribution in [2.75, 3.05) is 13.1 Å². The fourth-order valence-electron chi connectivity index (χ4n) is 2.84. The van der Waals surface area contributed by atoms with Crippen molar-refractivity contribution >= 4 is 27.5 Å². The molecule has 1 aliphatic rings. The molecule has 2 aromatic rings. The maximum absolute atomic E-state index is 13.1. The van der Waals surface area contributed by atoms with Gasteiger partial charge in [-0.05, 0) is 36.2 Å². The summed E-state index contributed by atoms with van der Waals surface area (Å²) in [7, 11) is -3.79. The van der Waals surface area contributed by atoms with Crippen LogP contribution in [0.1, 0.15) is 17.2 Å². The first-order valence-electron chi connectivity index (χ1n) is 7.52. The molecule has 1 aliphatic heterocycles. The molecule has 0 spiro atoms. The smallest absolute Gasteiger partial charge is 0.244 e. The van der Waals surface area contributed by atoms with Crippen LogP contribution < -0.4 is 5.32 Å². The number of amides is 1. The van der Waals surface area contributed by atoms with Gasteiger partial charge in [-0.15, -0.1) is 0 Å². The maximum Gasteiger partial charge on any atom is 0.244 e. The third-order valence-corrected chi connectivity index (χ3v) is 6.31. The normalized spacial score (nSPS) is 19.1. The lowest BCUT2D eigenvalue weighted by Gasteiger charge is -2.34. The molecule has 0 bridgehead atoms. The molecule has 0 aliphatic carbocycles. The summed E-state index contributed by atoms with van der Waals surface area (Å²) in [4.78, 5) is 12.6. The van der Waals surface area contributed by atoms with Gasteiger partial charge in [0.2, 0.25) is 15.9 Å². The van der Waals surface area contributed by atoms with Gasteiger partial charge in [-0.2, -0.15) is 4.31 Å². The van der Waals surface area contributed by atoms with Crippen LogP contribution >= 0.6 is 11.6 Å². The largest absolute Gasteiger partial charge is 0.353 e. The van der Waals surface area contributed by atoms with Crippen LogP contribution in [0.5, 0.6) is 0 Å². The predicted molar refractivity (Wildman–Crippen MR) is 92.3 cm³/mol. The van der Waals surface area contributed by atoms with E-state index in [1.807, 2.05) is 0 Å². The first kappa shape index (κ1) is 17.0. The molecule has 1 fully saturated rings. The highest BCUT2D eigenvalue weighted by atomic mass is 35.5. The first-order chi connectivity index (χ1) is 11.4. The van der Waals surface area contributed by atoms with Crippen LogP contribution in [0, 0.1) is 6.92 Å². The third-order valence-electron chi connectivity index (χ3n) is 4.03. The monoisotopic (exact) mass is 364 g/mol. The van der Waals surface area contributed by atoms with Crippen molar-refractivity contribution in [1.29, 1.82) is 0 Å². The Labute approximate surface area is 146 Å². The van der Waals surface area contributed by atoms with Crippen molar-refractivity contribution < 1.29 is 13.2 Å². The zero-order chi connectivity index (χ0) is 17.3. The van der Waals surface area contributed by atoms with E-state index < -0.39 is 16.1 Å². The van der Waals surface area contributed by atoms with Crippen LogP contribution in [0.2, 0.25) is 5.02 Å². The third kappa shape index (κ3) is 3.05. The van der Waals surface area contributed by atoms with Crippen LogP contribution in [0.25, 0.3) is 0 Å². The van der Waals surface area contributed by atoms with E-state index in [2.05, 4.69) is 5.32 Å². The van der Waals surface area contributed by atoms with E-state index in [9.17, 15) is 13.2 Å². The fraction of sp³-hybridized carbons (Fsp3) is 0.235. The Kier molecular flexibility index (Phi) is 4.62. The van der Waals surface area contributed by atoms with E-state index in [4.69, 9.17) is 11.6 Å². The van der Waals surface area contributed by atoms with Crippen molar-refractivity contribution in [2.45, 2.75) is 17.9 Å². The van der Waals surface area contributed by atoms with E-state index in [-0.39, 0.29) is 23.9 Å². The molecule has 126 valence electrons. The molecular formula is C17H17ClN2O3S. The molecule has 1 saturated heterocycles. The number of sulfonamides is 1. The zero-order valence-electron chi connectivity index (χ0n) is 13.1. The number of hydrogen-bond donors (Lipinski definition) is 1. The van der Waals surface area contributed by atoms with Crippen molar-refractivity contribution in [3.8, 4) is 0 Å². The lowest BCUT2D eigenvalue weighted by molar-refractivity contribution is -0.126. The van der Waals surface area contributed by atoms with Crippen molar-refractivity contribution in [3.05, 3.63) is 64.7 Å². The molecule has 7 heteroatoms. The first-order valence-corrected chi connectivity index (χ1v) is 9.34. The number of benzene rings is 2. The molecule has 1 N–H and O–H groups in total. The van der Waals surface area contributed by atoms with Gasteiger partial charge in [0.25, 0.3) is 0 Å². The summed E-state index contributed by atoms with van der Waals surface area (Å²) in [5.41, 5.74) is 1.24. The second-order valence-corrected chi connectivity index (χ2v) is 7.92. The number of piperazine rings is 1. The molecule has 1 heterocycles. The lowest BCUT2D eigenvalue weighted by Crippen LogP contribution is -2.52. The zero-order valence-corrected chi connectivity index (χ0v) is 14.6. The fourth-order valence-corrected chi connectivity index (χ4v) is 4.77. The van der Waals surface area contributed by atoms with Crippen LogP contribution in [0.3, 0.4) is 0 Å². The number of nitrogens with one attached hydrogen (secondary N) is 1. The van der Waals surface area contributed by atoms with Crippen molar-refractivity contribution in [1.82, 2.24) is 9.62 Å². The Morgan fingerprint density at radius 3 is 2.46 bits per heavy atom. The average molecular weight is 365 g/mol. The Balaban J connectivity index is 2.08. The minimum atomic E-state index is -3.79. The minimum Gasteiger partial charge on any atom is -0.353 e. The Hall–Kier alpha value is -1.89. The molecule has 0 saturated carbocycles. The summed E-state index contributed by atoms with van der Waals surface area (Å²) < 4.78 is 27.5. The predicted octanol–water partition coefficient (Wildman–Crippen LogP) is 2.51. The second kappa shape index (κ2) is 6.55. The number of carbonyl (C=O) groups excluding carboxylic acids is 1. The van der Waals surface area contributed by atoms with Crippen LogP contribution in [0.4, 0.5) is 0 Å². The van der Waals surface area contributed by atoms with Gasteiger partial charge in [-0.3, -0.25) is 4.79 Å². The molecule has 1 atom stereocenters. The minimum absolute atomic E-state index is 0.218. The summed E-state index contributed by atoms with van der Waals surface area (Å²) in [5.74, 6) is -0.333. The standard InChI is InChI=1S/C17H17ClN2O3S/c1-12-4-2-3-5-15(12)24(22,23)20-11-10-19-17(21)16(20)13-6-8-14(18)9-7-13/h2-9,16H,10-11H2,1H3,(H,19,21). The SMILES string of the molecule is Cc1ccccc1S(=O)(=O)N1CCNC(=O)C1c1ccc(Cl)cc1. The van der Waals surface area contributed by atoms with Crippen LogP contribution in [0.15, 0.2) is 53.4 Å². The van der Waals surface area contributed by atoms with Gasteiger partial charge < -0.3 is 5.32 Å². The van der Waals surface area contributed by atoms with Gasteiger partial charge >= 0.3 is 0 Å². The van der Waals surface area contributed by atoms with Gasteiger partial charge in [0.05, 0.1) is 4.90 Å². The quantitative estimate of drug-likeness (QED) is 0.910. The Morgan fingerprint density at radius 2 is 1.79 bits per heavy atom. The topological polar surface area (TPSA) is 66.5 Å². The lowest BCUT2D eigenvalue weighted by atomic mass is 10.1. The molecule has 5 nitrogen and oxygen atoms in total. The molecular weight excluding hydrogens is 348 g/mol. The number of carbonyl (C=O) groups is 1. The Bertz CT molecular complexity index is 866. The van der Waals surface area contributed by atoms with Crippen LogP contribution in [-0.2, 0) is 14.8 Å². The summed E-state index contributed by atoms with van der Waals surface area (Å²) in [6, 6.07) is 12.5. The van der Waals surface area contributed by atoms with Crippen molar-refractivity contribution in [2.24, 2.45) is 0 Å². The summed E-state index contributed by atoms with van der Waals surface area (Å²) in [6.07, 6.45) is 0.